The van der Waals surface area contributed by atoms with Gasteiger partial charge < -0.3 is 5.11 Å². The standard InChI is InChI=1S/C3H4O2/c4-2-1-3-5/h1-4H/p-1/b2-1-. The third-order valence-corrected chi connectivity index (χ3v) is 0.157. The molecule has 5 heavy (non-hydrogen) atoms. The van der Waals surface area contributed by atoms with Gasteiger partial charge in [-0.15, -0.1) is 6.26 Å². The van der Waals surface area contributed by atoms with Crippen LogP contribution in [0.5, 0.6) is 0 Å². The zero-order chi connectivity index (χ0) is 4.12. The van der Waals surface area contributed by atoms with Crippen molar-refractivity contribution in [2.24, 2.45) is 0 Å². The van der Waals surface area contributed by atoms with Crippen LogP contribution in [0.4, 0.5) is 0 Å². The molecule has 0 aliphatic heterocycles. The minimum atomic E-state index is 0.438. The summed E-state index contributed by atoms with van der Waals surface area (Å²) in [6.07, 6.45) is 1.76. The van der Waals surface area contributed by atoms with Crippen LogP contribution in [0, 0.1) is 0 Å². The highest BCUT2D eigenvalue weighted by Gasteiger charge is 1.42. The molecule has 28 valence electrons. The fraction of sp³-hybridized carbons (Fsp3) is 0. The van der Waals surface area contributed by atoms with Gasteiger partial charge in [0.25, 0.3) is 0 Å². The quantitative estimate of drug-likeness (QED) is 0.227. The number of carbonyl (C=O) groups excluding carboxylic acids is 1. The van der Waals surface area contributed by atoms with Gasteiger partial charge in [-0.25, -0.2) is 0 Å². The van der Waals surface area contributed by atoms with Gasteiger partial charge in [0.15, 0.2) is 0 Å². The van der Waals surface area contributed by atoms with Crippen molar-refractivity contribution in [1.29, 1.82) is 0 Å². The van der Waals surface area contributed by atoms with Crippen LogP contribution >= 0.6 is 0 Å². The maximum absolute atomic E-state index is 9.12. The molecule has 0 saturated heterocycles. The molecule has 0 aliphatic rings. The molecule has 0 N–H and O–H groups in total. The lowest BCUT2D eigenvalue weighted by atomic mass is 10.7. The summed E-state index contributed by atoms with van der Waals surface area (Å²) in [5, 5.41) is 9.12. The predicted octanol–water partition coefficient (Wildman–Crippen LogP) is -0.941. The van der Waals surface area contributed by atoms with E-state index >= 15 is 0 Å². The van der Waals surface area contributed by atoms with E-state index in [0.29, 0.717) is 12.5 Å². The van der Waals surface area contributed by atoms with Crippen LogP contribution < -0.4 is 5.11 Å². The zero-order valence-corrected chi connectivity index (χ0v) is 2.55. The van der Waals surface area contributed by atoms with Crippen molar-refractivity contribution in [3.05, 3.63) is 12.3 Å². The molecule has 0 aromatic rings. The summed E-state index contributed by atoms with van der Waals surface area (Å²) < 4.78 is 0. The summed E-state index contributed by atoms with van der Waals surface area (Å²) in [4.78, 5) is 9.12. The Morgan fingerprint density at radius 3 is 2.20 bits per heavy atom. The van der Waals surface area contributed by atoms with E-state index in [1.165, 1.54) is 0 Å². The SMILES string of the molecule is O=C/C=C\[O-]. The Hall–Kier alpha value is -0.790. The molecule has 0 bridgehead atoms. The van der Waals surface area contributed by atoms with Crippen molar-refractivity contribution in [2.45, 2.75) is 0 Å². The summed E-state index contributed by atoms with van der Waals surface area (Å²) in [5.74, 6) is 0. The summed E-state index contributed by atoms with van der Waals surface area (Å²) in [6, 6.07) is 0. The van der Waals surface area contributed by atoms with Gasteiger partial charge in [-0.3, -0.25) is 4.79 Å². The average molecular weight is 71.1 g/mol. The zero-order valence-electron chi connectivity index (χ0n) is 2.55. The minimum Gasteiger partial charge on any atom is -0.878 e. The number of hydrogen-bond acceptors (Lipinski definition) is 2. The van der Waals surface area contributed by atoms with Crippen LogP contribution in [-0.4, -0.2) is 6.29 Å². The molecule has 0 heterocycles. The summed E-state index contributed by atoms with van der Waals surface area (Å²) in [7, 11) is 0. The van der Waals surface area contributed by atoms with E-state index in [-0.39, 0.29) is 0 Å². The van der Waals surface area contributed by atoms with Gasteiger partial charge in [-0.1, -0.05) is 0 Å². The summed E-state index contributed by atoms with van der Waals surface area (Å²) in [5.41, 5.74) is 0. The molecule has 0 saturated carbocycles. The highest BCUT2D eigenvalue weighted by molar-refractivity contribution is 5.63. The molecule has 0 amide bonds. The van der Waals surface area contributed by atoms with Gasteiger partial charge in [-0.05, 0) is 6.08 Å². The predicted molar refractivity (Wildman–Crippen MR) is 15.2 cm³/mol. The highest BCUT2D eigenvalue weighted by atomic mass is 16.2. The van der Waals surface area contributed by atoms with E-state index < -0.39 is 0 Å². The monoisotopic (exact) mass is 71.0 g/mol. The fourth-order valence-corrected chi connectivity index (χ4v) is 0.0321. The van der Waals surface area contributed by atoms with Crippen molar-refractivity contribution in [1.82, 2.24) is 0 Å². The number of allylic oxidation sites excluding steroid dienone is 1. The topological polar surface area (TPSA) is 40.1 Å². The molecule has 0 aromatic carbocycles. The largest absolute Gasteiger partial charge is 0.878 e. The molecule has 0 aromatic heterocycles. The van der Waals surface area contributed by atoms with Crippen molar-refractivity contribution in [2.75, 3.05) is 0 Å². The van der Waals surface area contributed by atoms with Gasteiger partial charge in [0.05, 0.1) is 0 Å². The van der Waals surface area contributed by atoms with Crippen LogP contribution in [-0.2, 0) is 4.79 Å². The number of rotatable bonds is 1. The molecule has 2 heteroatoms. The fourth-order valence-electron chi connectivity index (χ4n) is 0.0321. The van der Waals surface area contributed by atoms with Crippen LogP contribution in [0.1, 0.15) is 0 Å². The Morgan fingerprint density at radius 2 is 2.20 bits per heavy atom. The van der Waals surface area contributed by atoms with E-state index in [1.54, 1.807) is 0 Å². The lowest BCUT2D eigenvalue weighted by Gasteiger charge is -1.75. The van der Waals surface area contributed by atoms with Crippen LogP contribution in [0.3, 0.4) is 0 Å². The van der Waals surface area contributed by atoms with Gasteiger partial charge >= 0.3 is 0 Å². The molecule has 0 atom stereocenters. The molecular weight excluding hydrogens is 68.0 g/mol. The second kappa shape index (κ2) is 3.21. The first kappa shape index (κ1) is 4.21. The molecule has 0 radical (unpaired) electrons. The van der Waals surface area contributed by atoms with E-state index in [9.17, 15) is 0 Å². The number of hydrogen-bond donors (Lipinski definition) is 0. The first-order chi connectivity index (χ1) is 2.41. The summed E-state index contributed by atoms with van der Waals surface area (Å²) >= 11 is 0. The lowest BCUT2D eigenvalue weighted by Crippen LogP contribution is -1.83. The van der Waals surface area contributed by atoms with E-state index in [0.717, 1.165) is 6.08 Å². The second-order valence-electron chi connectivity index (χ2n) is 0.465. The first-order valence-electron chi connectivity index (χ1n) is 1.14. The number of aldehydes is 1. The van der Waals surface area contributed by atoms with Crippen molar-refractivity contribution >= 4 is 6.29 Å². The second-order valence-corrected chi connectivity index (χ2v) is 0.465. The summed E-state index contributed by atoms with van der Waals surface area (Å²) in [6.45, 7) is 0. The normalized spacial score (nSPS) is 8.80. The van der Waals surface area contributed by atoms with Gasteiger partial charge in [0.1, 0.15) is 6.29 Å². The molecular formula is C3H3O2-. The van der Waals surface area contributed by atoms with Crippen molar-refractivity contribution in [3.63, 3.8) is 0 Å². The Kier molecular flexibility index (Phi) is 2.70. The third kappa shape index (κ3) is 3.21. The number of carbonyl (C=O) groups is 1. The van der Waals surface area contributed by atoms with E-state index in [4.69, 9.17) is 9.90 Å². The molecule has 2 nitrogen and oxygen atoms in total. The maximum atomic E-state index is 9.12. The van der Waals surface area contributed by atoms with Crippen molar-refractivity contribution in [3.8, 4) is 0 Å². The van der Waals surface area contributed by atoms with Gasteiger partial charge in [0, 0.05) is 0 Å². The minimum absolute atomic E-state index is 0.438. The third-order valence-electron chi connectivity index (χ3n) is 0.157. The Labute approximate surface area is 29.7 Å². The van der Waals surface area contributed by atoms with Crippen LogP contribution in [0.15, 0.2) is 12.3 Å². The Morgan fingerprint density at radius 1 is 1.60 bits per heavy atom. The first-order valence-corrected chi connectivity index (χ1v) is 1.14. The van der Waals surface area contributed by atoms with Crippen molar-refractivity contribution < 1.29 is 9.90 Å². The van der Waals surface area contributed by atoms with E-state index in [2.05, 4.69) is 0 Å². The maximum Gasteiger partial charge on any atom is 0.141 e. The average Bonchev–Trinajstić information content (AvgIpc) is 1.41. The van der Waals surface area contributed by atoms with E-state index in [1.807, 2.05) is 0 Å². The molecule has 0 rings (SSSR count). The Bertz CT molecular complexity index is 46.9. The van der Waals surface area contributed by atoms with Crippen LogP contribution in [0.2, 0.25) is 0 Å². The molecule has 0 unspecified atom stereocenters. The molecule has 0 spiro atoms. The molecule has 0 fully saturated rings. The highest BCUT2D eigenvalue weighted by Crippen LogP contribution is 1.43. The van der Waals surface area contributed by atoms with Gasteiger partial charge in [0.2, 0.25) is 0 Å². The Balaban J connectivity index is 2.92. The molecule has 0 aliphatic carbocycles. The van der Waals surface area contributed by atoms with Crippen LogP contribution in [0.25, 0.3) is 0 Å². The lowest BCUT2D eigenvalue weighted by molar-refractivity contribution is -0.274. The van der Waals surface area contributed by atoms with Gasteiger partial charge in [-0.2, -0.15) is 0 Å². The smallest absolute Gasteiger partial charge is 0.141 e.